The number of amides is 1. The van der Waals surface area contributed by atoms with Crippen molar-refractivity contribution in [3.63, 3.8) is 0 Å². The molecular weight excluding hydrogens is 348 g/mol. The van der Waals surface area contributed by atoms with Gasteiger partial charge in [-0.05, 0) is 74.6 Å². The van der Waals surface area contributed by atoms with Gasteiger partial charge in [0.15, 0.2) is 0 Å². The summed E-state index contributed by atoms with van der Waals surface area (Å²) in [5, 5.41) is 12.1. The highest BCUT2D eigenvalue weighted by Gasteiger charge is 2.11. The van der Waals surface area contributed by atoms with Crippen molar-refractivity contribution in [2.75, 3.05) is 0 Å². The Morgan fingerprint density at radius 3 is 2.32 bits per heavy atom. The molecule has 0 aliphatic carbocycles. The lowest BCUT2D eigenvalue weighted by atomic mass is 10.0. The van der Waals surface area contributed by atoms with Crippen molar-refractivity contribution in [3.05, 3.63) is 69.8 Å². The Balaban J connectivity index is 2.07. The smallest absolute Gasteiger partial charge is 0.262 e. The van der Waals surface area contributed by atoms with Crippen molar-refractivity contribution in [1.82, 2.24) is 5.32 Å². The number of nitrogens with zero attached hydrogens (tertiary/aromatic N) is 1. The molecule has 0 heterocycles. The van der Waals surface area contributed by atoms with Gasteiger partial charge in [0.25, 0.3) is 5.91 Å². The molecule has 0 aliphatic rings. The number of aryl methyl sites for hydroxylation is 3. The standard InChI is InChI=1S/C24H28N2O2/c1-6-19(5)26-24(27)21(14-25)13-20-7-9-22(10-8-20)28-15-23-17(3)11-16(2)12-18(23)4/h7-13,19H,6,15H2,1-5H3,(H,26,27)/b21-13+/t19-/m1/s1. The van der Waals surface area contributed by atoms with E-state index in [-0.39, 0.29) is 17.5 Å². The maximum atomic E-state index is 12.1. The monoisotopic (exact) mass is 376 g/mol. The number of nitriles is 1. The highest BCUT2D eigenvalue weighted by Crippen LogP contribution is 2.20. The van der Waals surface area contributed by atoms with Crippen LogP contribution < -0.4 is 10.1 Å². The van der Waals surface area contributed by atoms with Gasteiger partial charge < -0.3 is 10.1 Å². The minimum absolute atomic E-state index is 0.0358. The van der Waals surface area contributed by atoms with Gasteiger partial charge >= 0.3 is 0 Å². The topological polar surface area (TPSA) is 62.1 Å². The fraction of sp³-hybridized carbons (Fsp3) is 0.333. The first kappa shape index (κ1) is 21.2. The molecule has 28 heavy (non-hydrogen) atoms. The Morgan fingerprint density at radius 1 is 1.18 bits per heavy atom. The van der Waals surface area contributed by atoms with Crippen LogP contribution in [0.25, 0.3) is 6.08 Å². The Kier molecular flexibility index (Phi) is 7.40. The van der Waals surface area contributed by atoms with Crippen LogP contribution in [-0.2, 0) is 11.4 Å². The summed E-state index contributed by atoms with van der Waals surface area (Å²) in [5.74, 6) is 0.404. The molecule has 0 saturated carbocycles. The van der Waals surface area contributed by atoms with Gasteiger partial charge in [-0.15, -0.1) is 0 Å². The molecule has 0 unspecified atom stereocenters. The number of rotatable bonds is 7. The van der Waals surface area contributed by atoms with E-state index in [0.717, 1.165) is 17.7 Å². The molecule has 4 nitrogen and oxygen atoms in total. The lowest BCUT2D eigenvalue weighted by molar-refractivity contribution is -0.117. The van der Waals surface area contributed by atoms with Crippen LogP contribution in [0.3, 0.4) is 0 Å². The fourth-order valence-corrected chi connectivity index (χ4v) is 2.97. The lowest BCUT2D eigenvalue weighted by Gasteiger charge is -2.13. The molecule has 146 valence electrons. The normalized spacial score (nSPS) is 12.2. The number of hydrogen-bond acceptors (Lipinski definition) is 3. The van der Waals surface area contributed by atoms with Gasteiger partial charge in [0, 0.05) is 6.04 Å². The van der Waals surface area contributed by atoms with E-state index < -0.39 is 0 Å². The van der Waals surface area contributed by atoms with Crippen molar-refractivity contribution >= 4 is 12.0 Å². The quantitative estimate of drug-likeness (QED) is 0.545. The molecule has 1 amide bonds. The summed E-state index contributed by atoms with van der Waals surface area (Å²) in [6, 6.07) is 13.7. The van der Waals surface area contributed by atoms with E-state index in [2.05, 4.69) is 38.2 Å². The first-order valence-corrected chi connectivity index (χ1v) is 9.56. The van der Waals surface area contributed by atoms with Gasteiger partial charge in [-0.3, -0.25) is 4.79 Å². The largest absolute Gasteiger partial charge is 0.489 e. The molecule has 0 radical (unpaired) electrons. The summed E-state index contributed by atoms with van der Waals surface area (Å²) in [7, 11) is 0. The summed E-state index contributed by atoms with van der Waals surface area (Å²) in [5.41, 5.74) is 5.78. The third-order valence-corrected chi connectivity index (χ3v) is 4.77. The van der Waals surface area contributed by atoms with Crippen LogP contribution in [0.4, 0.5) is 0 Å². The second kappa shape index (κ2) is 9.75. The average Bonchev–Trinajstić information content (AvgIpc) is 2.66. The summed E-state index contributed by atoms with van der Waals surface area (Å²) in [6.45, 7) is 10.7. The second-order valence-electron chi connectivity index (χ2n) is 7.19. The van der Waals surface area contributed by atoms with E-state index in [0.29, 0.717) is 6.61 Å². The van der Waals surface area contributed by atoms with E-state index in [4.69, 9.17) is 4.74 Å². The van der Waals surface area contributed by atoms with Gasteiger partial charge in [-0.25, -0.2) is 0 Å². The molecule has 0 spiro atoms. The summed E-state index contributed by atoms with van der Waals surface area (Å²) >= 11 is 0. The predicted molar refractivity (Wildman–Crippen MR) is 113 cm³/mol. The number of carbonyl (C=O) groups is 1. The van der Waals surface area contributed by atoms with Gasteiger partial charge in [-0.1, -0.05) is 36.8 Å². The Hall–Kier alpha value is -3.06. The molecular formula is C24H28N2O2. The molecule has 1 N–H and O–H groups in total. The molecule has 2 rings (SSSR count). The molecule has 0 saturated heterocycles. The highest BCUT2D eigenvalue weighted by molar-refractivity contribution is 6.01. The second-order valence-corrected chi connectivity index (χ2v) is 7.19. The van der Waals surface area contributed by atoms with E-state index in [9.17, 15) is 10.1 Å². The minimum atomic E-state index is -0.345. The maximum absolute atomic E-state index is 12.1. The fourth-order valence-electron chi connectivity index (χ4n) is 2.97. The minimum Gasteiger partial charge on any atom is -0.489 e. The first-order chi connectivity index (χ1) is 13.3. The van der Waals surface area contributed by atoms with E-state index in [1.165, 1.54) is 22.3 Å². The molecule has 0 aromatic heterocycles. The number of benzene rings is 2. The molecule has 0 bridgehead atoms. The maximum Gasteiger partial charge on any atom is 0.262 e. The van der Waals surface area contributed by atoms with E-state index in [1.807, 2.05) is 44.2 Å². The number of carbonyl (C=O) groups excluding carboxylic acids is 1. The predicted octanol–water partition coefficient (Wildman–Crippen LogP) is 5.01. The van der Waals surface area contributed by atoms with Crippen LogP contribution >= 0.6 is 0 Å². The van der Waals surface area contributed by atoms with E-state index in [1.54, 1.807) is 6.08 Å². The van der Waals surface area contributed by atoms with E-state index >= 15 is 0 Å². The van der Waals surface area contributed by atoms with Crippen molar-refractivity contribution < 1.29 is 9.53 Å². The summed E-state index contributed by atoms with van der Waals surface area (Å²) in [6.07, 6.45) is 2.41. The lowest BCUT2D eigenvalue weighted by Crippen LogP contribution is -2.32. The number of hydrogen-bond donors (Lipinski definition) is 1. The third kappa shape index (κ3) is 5.72. The first-order valence-electron chi connectivity index (χ1n) is 9.56. The van der Waals surface area contributed by atoms with Crippen LogP contribution in [0.15, 0.2) is 42.0 Å². The zero-order valence-electron chi connectivity index (χ0n) is 17.3. The third-order valence-electron chi connectivity index (χ3n) is 4.77. The van der Waals surface area contributed by atoms with Gasteiger partial charge in [0.1, 0.15) is 24.0 Å². The molecule has 1 atom stereocenters. The number of ether oxygens (including phenoxy) is 1. The van der Waals surface area contributed by atoms with Crippen molar-refractivity contribution in [2.45, 2.75) is 53.7 Å². The Bertz CT molecular complexity index is 882. The summed E-state index contributed by atoms with van der Waals surface area (Å²) < 4.78 is 5.93. The zero-order chi connectivity index (χ0) is 20.7. The molecule has 0 aliphatic heterocycles. The van der Waals surface area contributed by atoms with Gasteiger partial charge in [0.05, 0.1) is 0 Å². The van der Waals surface area contributed by atoms with Crippen LogP contribution in [0.2, 0.25) is 0 Å². The highest BCUT2D eigenvalue weighted by atomic mass is 16.5. The Morgan fingerprint density at radius 2 is 1.79 bits per heavy atom. The molecule has 2 aromatic rings. The molecule has 4 heteroatoms. The molecule has 2 aromatic carbocycles. The van der Waals surface area contributed by atoms with Crippen LogP contribution in [-0.4, -0.2) is 11.9 Å². The number of nitrogens with one attached hydrogen (secondary N) is 1. The van der Waals surface area contributed by atoms with Crippen molar-refractivity contribution in [1.29, 1.82) is 5.26 Å². The molecule has 0 fully saturated rings. The van der Waals surface area contributed by atoms with Crippen LogP contribution in [0.1, 0.15) is 48.1 Å². The zero-order valence-corrected chi connectivity index (χ0v) is 17.3. The Labute approximate surface area is 167 Å². The van der Waals surface area contributed by atoms with Crippen molar-refractivity contribution in [2.24, 2.45) is 0 Å². The SMILES string of the molecule is CC[C@@H](C)NC(=O)/C(C#N)=C/c1ccc(OCc2c(C)cc(C)cc2C)cc1. The van der Waals surface area contributed by atoms with Crippen molar-refractivity contribution in [3.8, 4) is 11.8 Å². The van der Waals surface area contributed by atoms with Gasteiger partial charge in [-0.2, -0.15) is 5.26 Å². The van der Waals surface area contributed by atoms with Crippen LogP contribution in [0.5, 0.6) is 5.75 Å². The summed E-state index contributed by atoms with van der Waals surface area (Å²) in [4.78, 5) is 12.1. The van der Waals surface area contributed by atoms with Crippen LogP contribution in [0, 0.1) is 32.1 Å². The average molecular weight is 377 g/mol. The van der Waals surface area contributed by atoms with Gasteiger partial charge in [0.2, 0.25) is 0 Å².